The Morgan fingerprint density at radius 3 is 1.34 bits per heavy atom. The number of hydrogen-bond acceptors (Lipinski definition) is 0. The van der Waals surface area contributed by atoms with Gasteiger partial charge in [0.15, 0.2) is 0 Å². The molecule has 312 valence electrons. The molecule has 0 N–H and O–H groups in total. The van der Waals surface area contributed by atoms with E-state index in [9.17, 15) is 0 Å². The fourth-order valence-corrected chi connectivity index (χ4v) is 15.4. The zero-order valence-corrected chi connectivity index (χ0v) is 41.1. The second-order valence-corrected chi connectivity index (χ2v) is 20.5. The summed E-state index contributed by atoms with van der Waals surface area (Å²) in [6.45, 7) is 0. The molecule has 1 aliphatic rings. The molecular weight excluding hydrogens is 1160 g/mol. The number of para-hydroxylation sites is 4. The molecule has 0 saturated heterocycles. The zero-order valence-electron chi connectivity index (χ0n) is 34.7. The number of allylic oxidation sites excluding steroid dienone is 4. The van der Waals surface area contributed by atoms with Gasteiger partial charge in [-0.2, -0.15) is 0 Å². The molecule has 0 spiro atoms. The van der Waals surface area contributed by atoms with Gasteiger partial charge in [0.1, 0.15) is 6.16 Å². The summed E-state index contributed by atoms with van der Waals surface area (Å²) in [5.74, 6) is 5.00. The van der Waals surface area contributed by atoms with Crippen molar-refractivity contribution in [1.82, 2.24) is 9.13 Å². The molecule has 1 aliphatic carbocycles. The summed E-state index contributed by atoms with van der Waals surface area (Å²) in [6.07, 6.45) is 27.7. The molecule has 2 nitrogen and oxygen atoms in total. The Balaban J connectivity index is 0.000000162. The normalized spacial score (nSPS) is 13.2. The minimum Gasteiger partial charge on any atom is -0.366 e. The number of aryl methyl sites for hydroxylation is 2. The first kappa shape index (κ1) is 46.6. The summed E-state index contributed by atoms with van der Waals surface area (Å²) >= 11 is 0. The third kappa shape index (κ3) is 10.1. The van der Waals surface area contributed by atoms with Crippen molar-refractivity contribution in [3.05, 3.63) is 224 Å². The molecule has 2 unspecified atom stereocenters. The van der Waals surface area contributed by atoms with Crippen LogP contribution in [0.4, 0.5) is 0 Å². The van der Waals surface area contributed by atoms with Crippen LogP contribution in [0.1, 0.15) is 17.5 Å². The van der Waals surface area contributed by atoms with Crippen LogP contribution in [0.5, 0.6) is 0 Å². The quantitative estimate of drug-likeness (QED) is 0.0651. The van der Waals surface area contributed by atoms with Gasteiger partial charge in [0.2, 0.25) is 0 Å². The SMILES string of the molecule is C1=CCC([PH+](CC[PH+](c2ccccc2)c2ccccc2)c2ccccc2)C=C1.[Au+].[Au+].[C-]#Cc1cccc2c3ccccc3n(C)c12.[C-]#Cc1cccc2c3ccccc3n(C)c12. The van der Waals surface area contributed by atoms with Gasteiger partial charge in [-0.05, 0) is 76.4 Å². The standard InChI is InChI=1S/C26H26P2.2C15H10N.2Au/c1-5-13-23(14-6-1)27(24-15-7-2-8-16-24)21-22-28(25-17-9-3-10-18-25)26-19-11-4-12-20-26;2*1-3-11-7-6-9-13-12-8-4-5-10-14(12)16(2)15(11)13;;/h1-19,26H,20-22H2;2*4-10H,2H3;;/q;2*-1;2*+1/p+2. The average molecular weight is 1200 g/mol. The molecule has 6 heteroatoms. The number of nitrogens with zero attached hydrogens (tertiary/aromatic N) is 2. The van der Waals surface area contributed by atoms with Crippen molar-refractivity contribution in [2.45, 2.75) is 12.1 Å². The third-order valence-corrected chi connectivity index (χ3v) is 18.1. The van der Waals surface area contributed by atoms with E-state index in [0.29, 0.717) is 5.66 Å². The van der Waals surface area contributed by atoms with Gasteiger partial charge in [-0.3, -0.25) is 11.8 Å². The molecule has 9 aromatic rings. The zero-order chi connectivity index (χ0) is 41.3. The second kappa shape index (κ2) is 22.4. The molecule has 2 heterocycles. The Bertz CT molecular complexity index is 2860. The number of rotatable bonds is 7. The molecule has 2 aromatic heterocycles. The van der Waals surface area contributed by atoms with Gasteiger partial charge in [0.05, 0.1) is 35.7 Å². The molecule has 2 atom stereocenters. The smallest absolute Gasteiger partial charge is 0.366 e. The first-order valence-corrected chi connectivity index (χ1v) is 24.1. The van der Waals surface area contributed by atoms with Gasteiger partial charge in [-0.25, -0.2) is 0 Å². The molecule has 0 amide bonds. The van der Waals surface area contributed by atoms with Gasteiger partial charge in [0.25, 0.3) is 0 Å². The van der Waals surface area contributed by atoms with Crippen LogP contribution in [0.15, 0.2) is 200 Å². The number of benzene rings is 7. The molecule has 0 fully saturated rings. The van der Waals surface area contributed by atoms with Crippen LogP contribution in [0, 0.1) is 24.7 Å². The third-order valence-electron chi connectivity index (χ3n) is 11.6. The molecule has 0 saturated carbocycles. The fraction of sp³-hybridized carbons (Fsp3) is 0.107. The second-order valence-electron chi connectivity index (χ2n) is 15.1. The molecule has 10 rings (SSSR count). The van der Waals surface area contributed by atoms with Crippen molar-refractivity contribution in [3.63, 3.8) is 0 Å². The maximum absolute atomic E-state index is 7.33. The Morgan fingerprint density at radius 2 is 0.903 bits per heavy atom. The summed E-state index contributed by atoms with van der Waals surface area (Å²) in [5.41, 5.74) is 6.94. The minimum atomic E-state index is -0.756. The Morgan fingerprint density at radius 1 is 0.484 bits per heavy atom. The maximum Gasteiger partial charge on any atom is 1.00 e. The molecule has 7 aromatic carbocycles. The number of aromatic nitrogens is 2. The van der Waals surface area contributed by atoms with Gasteiger partial charge >= 0.3 is 44.8 Å². The van der Waals surface area contributed by atoms with Crippen molar-refractivity contribution in [1.29, 1.82) is 0 Å². The summed E-state index contributed by atoms with van der Waals surface area (Å²) in [5, 5.41) is 9.50. The van der Waals surface area contributed by atoms with Gasteiger partial charge in [0, 0.05) is 50.2 Å². The van der Waals surface area contributed by atoms with Crippen molar-refractivity contribution >= 4 is 75.4 Å². The average Bonchev–Trinajstić information content (AvgIpc) is 3.79. The summed E-state index contributed by atoms with van der Waals surface area (Å²) in [4.78, 5) is 0. The monoisotopic (exact) mass is 1200 g/mol. The van der Waals surface area contributed by atoms with E-state index in [1.165, 1.54) is 61.9 Å². The fourth-order valence-electron chi connectivity index (χ4n) is 8.70. The molecule has 0 radical (unpaired) electrons. The van der Waals surface area contributed by atoms with Crippen LogP contribution in [0.3, 0.4) is 0 Å². The Labute approximate surface area is 400 Å². The van der Waals surface area contributed by atoms with E-state index in [1.807, 2.05) is 62.6 Å². The van der Waals surface area contributed by atoms with Crippen LogP contribution in [0.25, 0.3) is 43.6 Å². The first-order chi connectivity index (χ1) is 29.6. The van der Waals surface area contributed by atoms with Gasteiger partial charge in [-0.15, -0.1) is 23.3 Å². The topological polar surface area (TPSA) is 9.86 Å². The summed E-state index contributed by atoms with van der Waals surface area (Å²) < 4.78 is 4.25. The predicted octanol–water partition coefficient (Wildman–Crippen LogP) is 11.8. The predicted molar refractivity (Wildman–Crippen MR) is 265 cm³/mol. The Hall–Kier alpha value is -4.92. The maximum atomic E-state index is 7.33. The Kier molecular flexibility index (Phi) is 16.9. The van der Waals surface area contributed by atoms with E-state index in [4.69, 9.17) is 12.8 Å². The van der Waals surface area contributed by atoms with Crippen LogP contribution < -0.4 is 15.9 Å². The number of fused-ring (bicyclic) bond motifs is 6. The van der Waals surface area contributed by atoms with E-state index in [-0.39, 0.29) is 44.8 Å². The largest absolute Gasteiger partial charge is 1.00 e. The van der Waals surface area contributed by atoms with Crippen LogP contribution >= 0.6 is 15.8 Å². The van der Waals surface area contributed by atoms with Crippen LogP contribution in [-0.4, -0.2) is 27.1 Å². The summed E-state index contributed by atoms with van der Waals surface area (Å²) in [6, 6.07) is 62.2. The van der Waals surface area contributed by atoms with Crippen molar-refractivity contribution in [2.24, 2.45) is 14.1 Å². The summed E-state index contributed by atoms with van der Waals surface area (Å²) in [7, 11) is 2.67. The van der Waals surface area contributed by atoms with Crippen LogP contribution in [-0.2, 0) is 58.9 Å². The van der Waals surface area contributed by atoms with E-state index in [1.54, 1.807) is 5.30 Å². The van der Waals surface area contributed by atoms with Gasteiger partial charge < -0.3 is 22.0 Å². The van der Waals surface area contributed by atoms with Crippen molar-refractivity contribution in [3.8, 4) is 11.8 Å². The first-order valence-electron chi connectivity index (χ1n) is 20.6. The van der Waals surface area contributed by atoms with Crippen molar-refractivity contribution < 1.29 is 44.8 Å². The number of hydrogen-bond donors (Lipinski definition) is 0. The molecule has 0 bridgehead atoms. The molecular formula is C56H48Au2N2P2+2. The van der Waals surface area contributed by atoms with Crippen LogP contribution in [0.2, 0.25) is 0 Å². The van der Waals surface area contributed by atoms with E-state index in [0.717, 1.165) is 22.2 Å². The van der Waals surface area contributed by atoms with E-state index >= 15 is 0 Å². The van der Waals surface area contributed by atoms with E-state index < -0.39 is 15.8 Å². The molecule has 0 aliphatic heterocycles. The minimum absolute atomic E-state index is 0. The van der Waals surface area contributed by atoms with E-state index in [2.05, 4.69) is 173 Å². The van der Waals surface area contributed by atoms with Crippen molar-refractivity contribution in [2.75, 3.05) is 12.3 Å². The van der Waals surface area contributed by atoms with Gasteiger partial charge in [-0.1, -0.05) is 133 Å². The molecule has 62 heavy (non-hydrogen) atoms.